The van der Waals surface area contributed by atoms with Gasteiger partial charge in [-0.25, -0.2) is 0 Å². The summed E-state index contributed by atoms with van der Waals surface area (Å²) >= 11 is 0. The fourth-order valence-corrected chi connectivity index (χ4v) is 4.21. The van der Waals surface area contributed by atoms with Gasteiger partial charge in [0.2, 0.25) is 11.8 Å². The molecule has 2 saturated heterocycles. The number of carbonyl (C=O) groups excluding carboxylic acids is 2. The molecule has 0 bridgehead atoms. The first-order valence-corrected chi connectivity index (χ1v) is 10.2. The zero-order valence-electron chi connectivity index (χ0n) is 17.3. The highest BCUT2D eigenvalue weighted by molar-refractivity contribution is 6.04. The molecule has 0 spiro atoms. The molecule has 0 atom stereocenters. The number of hydrogen-bond acceptors (Lipinski definition) is 3. The monoisotopic (exact) mass is 371 g/mol. The molecule has 0 N–H and O–H groups in total. The van der Waals surface area contributed by atoms with Crippen molar-refractivity contribution in [3.63, 3.8) is 0 Å². The summed E-state index contributed by atoms with van der Waals surface area (Å²) in [6, 6.07) is 6.38. The Morgan fingerprint density at radius 3 is 1.96 bits per heavy atom. The summed E-state index contributed by atoms with van der Waals surface area (Å²) in [7, 11) is 0. The van der Waals surface area contributed by atoms with Crippen LogP contribution >= 0.6 is 0 Å². The van der Waals surface area contributed by atoms with Crippen molar-refractivity contribution in [3.05, 3.63) is 29.3 Å². The number of anilines is 1. The van der Waals surface area contributed by atoms with Crippen LogP contribution in [0.2, 0.25) is 0 Å². The molecule has 0 aromatic heterocycles. The number of aryl methyl sites for hydroxylation is 1. The number of piperidine rings is 1. The van der Waals surface area contributed by atoms with Gasteiger partial charge in [0.15, 0.2) is 0 Å². The quantitative estimate of drug-likeness (QED) is 0.767. The zero-order chi connectivity index (χ0) is 19.6. The first kappa shape index (κ1) is 19.7. The minimum absolute atomic E-state index is 0.0100. The van der Waals surface area contributed by atoms with E-state index in [0.29, 0.717) is 13.1 Å². The first-order valence-electron chi connectivity index (χ1n) is 10.2. The molecule has 0 saturated carbocycles. The summed E-state index contributed by atoms with van der Waals surface area (Å²) in [5.41, 5.74) is 2.88. The van der Waals surface area contributed by atoms with Crippen molar-refractivity contribution >= 4 is 17.5 Å². The van der Waals surface area contributed by atoms with Crippen LogP contribution in [0.25, 0.3) is 0 Å². The number of piperazine rings is 1. The summed E-state index contributed by atoms with van der Waals surface area (Å²) in [6.07, 6.45) is 3.27. The maximum Gasteiger partial charge on any atom is 0.237 e. The smallest absolute Gasteiger partial charge is 0.237 e. The van der Waals surface area contributed by atoms with Crippen molar-refractivity contribution in [2.24, 2.45) is 5.41 Å². The maximum absolute atomic E-state index is 13.1. The molecule has 0 aliphatic carbocycles. The third kappa shape index (κ3) is 3.97. The van der Waals surface area contributed by atoms with Gasteiger partial charge in [-0.3, -0.25) is 9.59 Å². The molecule has 3 rings (SSSR count). The molecule has 2 fully saturated rings. The number of likely N-dealkylation sites (tertiary alicyclic amines) is 1. The lowest BCUT2D eigenvalue weighted by Crippen LogP contribution is -2.56. The van der Waals surface area contributed by atoms with Gasteiger partial charge in [0.25, 0.3) is 0 Å². The molecule has 1 aromatic carbocycles. The second-order valence-corrected chi connectivity index (χ2v) is 8.48. The molecule has 0 unspecified atom stereocenters. The molecule has 5 nitrogen and oxygen atoms in total. The van der Waals surface area contributed by atoms with Crippen molar-refractivity contribution in [3.8, 4) is 0 Å². The van der Waals surface area contributed by atoms with E-state index < -0.39 is 5.41 Å². The van der Waals surface area contributed by atoms with E-state index in [9.17, 15) is 9.59 Å². The van der Waals surface area contributed by atoms with E-state index in [1.807, 2.05) is 9.80 Å². The third-order valence-corrected chi connectivity index (χ3v) is 6.20. The molecule has 5 heteroatoms. The molecule has 0 radical (unpaired) electrons. The minimum Gasteiger partial charge on any atom is -0.368 e. The number of rotatable bonds is 3. The molecular formula is C22H33N3O2. The predicted octanol–water partition coefficient (Wildman–Crippen LogP) is 2.99. The summed E-state index contributed by atoms with van der Waals surface area (Å²) < 4.78 is 0. The van der Waals surface area contributed by atoms with Gasteiger partial charge in [0.05, 0.1) is 0 Å². The Kier molecular flexibility index (Phi) is 5.78. The van der Waals surface area contributed by atoms with E-state index in [1.165, 1.54) is 23.2 Å². The number of carbonyl (C=O) groups is 2. The molecule has 2 aliphatic heterocycles. The highest BCUT2D eigenvalue weighted by Gasteiger charge is 2.42. The van der Waals surface area contributed by atoms with Crippen LogP contribution in [-0.4, -0.2) is 60.9 Å². The molecular weight excluding hydrogens is 338 g/mol. The molecule has 2 heterocycles. The van der Waals surface area contributed by atoms with Crippen LogP contribution in [0.3, 0.4) is 0 Å². The minimum atomic E-state index is -0.973. The second-order valence-electron chi connectivity index (χ2n) is 8.48. The predicted molar refractivity (Wildman–Crippen MR) is 109 cm³/mol. The Hall–Kier alpha value is -2.04. The van der Waals surface area contributed by atoms with Crippen LogP contribution in [0.15, 0.2) is 18.2 Å². The lowest BCUT2D eigenvalue weighted by molar-refractivity contribution is -0.154. The van der Waals surface area contributed by atoms with Gasteiger partial charge < -0.3 is 14.7 Å². The number of nitrogens with zero attached hydrogens (tertiary/aromatic N) is 3. The Morgan fingerprint density at radius 1 is 0.815 bits per heavy atom. The number of hydrogen-bond donors (Lipinski definition) is 0. The molecule has 2 amide bonds. The van der Waals surface area contributed by atoms with E-state index in [0.717, 1.165) is 39.0 Å². The zero-order valence-corrected chi connectivity index (χ0v) is 17.3. The Labute approximate surface area is 163 Å². The Balaban J connectivity index is 1.63. The lowest BCUT2D eigenvalue weighted by atomic mass is 9.88. The average molecular weight is 372 g/mol. The van der Waals surface area contributed by atoms with E-state index in [1.54, 1.807) is 13.8 Å². The van der Waals surface area contributed by atoms with Gasteiger partial charge in [0, 0.05) is 45.0 Å². The standard InChI is InChI=1S/C22H33N3O2/c1-17-9-8-10-19(18(17)2)23-13-15-25(16-14-23)21(27)22(3,4)20(26)24-11-6-5-7-12-24/h8-10H,5-7,11-16H2,1-4H3. The largest absolute Gasteiger partial charge is 0.368 e. The lowest BCUT2D eigenvalue weighted by Gasteiger charge is -2.41. The van der Waals surface area contributed by atoms with Crippen molar-refractivity contribution in [1.29, 1.82) is 0 Å². The molecule has 1 aromatic rings. The highest BCUT2D eigenvalue weighted by atomic mass is 16.2. The topological polar surface area (TPSA) is 43.9 Å². The van der Waals surface area contributed by atoms with Crippen LogP contribution in [0.1, 0.15) is 44.2 Å². The van der Waals surface area contributed by atoms with E-state index in [2.05, 4.69) is 36.9 Å². The van der Waals surface area contributed by atoms with Crippen molar-refractivity contribution < 1.29 is 9.59 Å². The normalized spacial score (nSPS) is 18.6. The summed E-state index contributed by atoms with van der Waals surface area (Å²) in [4.78, 5) is 32.2. The second kappa shape index (κ2) is 7.91. The third-order valence-electron chi connectivity index (χ3n) is 6.20. The van der Waals surface area contributed by atoms with Crippen LogP contribution in [0, 0.1) is 19.3 Å². The summed E-state index contributed by atoms with van der Waals surface area (Å²) in [6.45, 7) is 12.4. The van der Waals surface area contributed by atoms with Crippen LogP contribution < -0.4 is 4.90 Å². The van der Waals surface area contributed by atoms with Crippen molar-refractivity contribution in [1.82, 2.24) is 9.80 Å². The molecule has 148 valence electrons. The van der Waals surface area contributed by atoms with Crippen molar-refractivity contribution in [2.75, 3.05) is 44.2 Å². The summed E-state index contributed by atoms with van der Waals surface area (Å²) in [5.74, 6) is -0.0390. The number of amides is 2. The van der Waals surface area contributed by atoms with Crippen LogP contribution in [0.5, 0.6) is 0 Å². The van der Waals surface area contributed by atoms with Crippen molar-refractivity contribution in [2.45, 2.75) is 47.0 Å². The Bertz CT molecular complexity index is 700. The first-order chi connectivity index (χ1) is 12.8. The number of benzene rings is 1. The van der Waals surface area contributed by atoms with Gasteiger partial charge in [-0.2, -0.15) is 0 Å². The molecule has 27 heavy (non-hydrogen) atoms. The Morgan fingerprint density at radius 2 is 1.37 bits per heavy atom. The van der Waals surface area contributed by atoms with Crippen LogP contribution in [-0.2, 0) is 9.59 Å². The SMILES string of the molecule is Cc1cccc(N2CCN(C(=O)C(C)(C)C(=O)N3CCCCC3)CC2)c1C. The van der Waals surface area contributed by atoms with E-state index in [-0.39, 0.29) is 11.8 Å². The van der Waals surface area contributed by atoms with Gasteiger partial charge in [-0.05, 0) is 64.2 Å². The van der Waals surface area contributed by atoms with E-state index >= 15 is 0 Å². The van der Waals surface area contributed by atoms with Gasteiger partial charge >= 0.3 is 0 Å². The van der Waals surface area contributed by atoms with E-state index in [4.69, 9.17) is 0 Å². The fourth-order valence-electron chi connectivity index (χ4n) is 4.21. The van der Waals surface area contributed by atoms with Crippen LogP contribution in [0.4, 0.5) is 5.69 Å². The van der Waals surface area contributed by atoms with Gasteiger partial charge in [-0.1, -0.05) is 12.1 Å². The van der Waals surface area contributed by atoms with Gasteiger partial charge in [-0.15, -0.1) is 0 Å². The van der Waals surface area contributed by atoms with Gasteiger partial charge in [0.1, 0.15) is 5.41 Å². The highest BCUT2D eigenvalue weighted by Crippen LogP contribution is 2.27. The molecule has 2 aliphatic rings. The fraction of sp³-hybridized carbons (Fsp3) is 0.636. The maximum atomic E-state index is 13.1. The average Bonchev–Trinajstić information content (AvgIpc) is 2.69. The summed E-state index contributed by atoms with van der Waals surface area (Å²) in [5, 5.41) is 0.